The molecule has 0 aliphatic carbocycles. The van der Waals surface area contributed by atoms with E-state index in [9.17, 15) is 4.79 Å². The van der Waals surface area contributed by atoms with Gasteiger partial charge in [0, 0.05) is 42.7 Å². The van der Waals surface area contributed by atoms with Crippen LogP contribution in [0.1, 0.15) is 31.1 Å². The van der Waals surface area contributed by atoms with Gasteiger partial charge in [-0.15, -0.1) is 12.4 Å². The molecule has 1 N–H and O–H groups in total. The summed E-state index contributed by atoms with van der Waals surface area (Å²) in [7, 11) is 0. The maximum atomic E-state index is 12.7. The molecule has 0 spiro atoms. The Morgan fingerprint density at radius 2 is 2.14 bits per heavy atom. The molecule has 152 valence electrons. The third kappa shape index (κ3) is 5.03. The number of hydrogen-bond donors (Lipinski definition) is 1. The number of halogens is 2. The highest BCUT2D eigenvalue weighted by Gasteiger charge is 2.30. The van der Waals surface area contributed by atoms with Crippen LogP contribution in [-0.4, -0.2) is 59.8 Å². The van der Waals surface area contributed by atoms with Gasteiger partial charge in [0.2, 0.25) is 17.6 Å². The quantitative estimate of drug-likeness (QED) is 0.809. The lowest BCUT2D eigenvalue weighted by atomic mass is 9.97. The fourth-order valence-electron chi connectivity index (χ4n) is 3.61. The van der Waals surface area contributed by atoms with E-state index in [1.54, 1.807) is 12.1 Å². The molecule has 2 aromatic rings. The first-order valence-corrected chi connectivity index (χ1v) is 9.75. The Hall–Kier alpha value is -1.67. The van der Waals surface area contributed by atoms with Crippen LogP contribution < -0.4 is 5.32 Å². The predicted octanol–water partition coefficient (Wildman–Crippen LogP) is 2.90. The van der Waals surface area contributed by atoms with E-state index in [4.69, 9.17) is 20.9 Å². The van der Waals surface area contributed by atoms with E-state index in [1.165, 1.54) is 0 Å². The maximum Gasteiger partial charge on any atom is 0.231 e. The molecule has 3 heterocycles. The number of likely N-dealkylation sites (tertiary alicyclic amines) is 1. The second kappa shape index (κ2) is 9.69. The van der Waals surface area contributed by atoms with Gasteiger partial charge in [-0.3, -0.25) is 4.79 Å². The van der Waals surface area contributed by atoms with Crippen LogP contribution in [0, 0.1) is 0 Å². The normalized spacial score (nSPS) is 22.5. The summed E-state index contributed by atoms with van der Waals surface area (Å²) in [5, 5.41) is 8.10. The van der Waals surface area contributed by atoms with Gasteiger partial charge in [0.1, 0.15) is 0 Å². The van der Waals surface area contributed by atoms with Crippen LogP contribution in [0.15, 0.2) is 28.8 Å². The summed E-state index contributed by atoms with van der Waals surface area (Å²) in [6.45, 7) is 3.51. The van der Waals surface area contributed by atoms with Crippen molar-refractivity contribution in [3.05, 3.63) is 35.2 Å². The minimum absolute atomic E-state index is 0. The highest BCUT2D eigenvalue weighted by molar-refractivity contribution is 6.30. The number of aromatic nitrogens is 2. The number of nitrogens with one attached hydrogen (secondary N) is 1. The number of ether oxygens (including phenoxy) is 1. The first kappa shape index (κ1) is 21.0. The fourth-order valence-corrected chi connectivity index (χ4v) is 3.74. The molecule has 1 aromatic heterocycles. The number of amides is 1. The summed E-state index contributed by atoms with van der Waals surface area (Å²) in [6, 6.07) is 7.44. The number of carbonyl (C=O) groups excluding carboxylic acids is 1. The molecule has 7 nitrogen and oxygen atoms in total. The Morgan fingerprint density at radius 3 is 2.89 bits per heavy atom. The van der Waals surface area contributed by atoms with Crippen molar-refractivity contribution in [1.82, 2.24) is 20.4 Å². The number of hydrogen-bond acceptors (Lipinski definition) is 6. The summed E-state index contributed by atoms with van der Waals surface area (Å²) >= 11 is 5.93. The van der Waals surface area contributed by atoms with Gasteiger partial charge in [-0.05, 0) is 37.1 Å². The van der Waals surface area contributed by atoms with Gasteiger partial charge in [0.05, 0.1) is 19.1 Å². The lowest BCUT2D eigenvalue weighted by Gasteiger charge is -2.33. The lowest BCUT2D eigenvalue weighted by Crippen LogP contribution is -2.46. The number of carbonyl (C=O) groups is 1. The zero-order chi connectivity index (χ0) is 18.6. The molecule has 1 amide bonds. The largest absolute Gasteiger partial charge is 0.378 e. The highest BCUT2D eigenvalue weighted by atomic mass is 35.5. The van der Waals surface area contributed by atoms with E-state index < -0.39 is 0 Å². The summed E-state index contributed by atoms with van der Waals surface area (Å²) in [5.74, 6) is 1.37. The van der Waals surface area contributed by atoms with E-state index in [0.29, 0.717) is 42.9 Å². The minimum Gasteiger partial charge on any atom is -0.378 e. The van der Waals surface area contributed by atoms with Gasteiger partial charge in [0.25, 0.3) is 0 Å². The smallest absolute Gasteiger partial charge is 0.231 e. The predicted molar refractivity (Wildman–Crippen MR) is 108 cm³/mol. The Balaban J connectivity index is 0.00000225. The van der Waals surface area contributed by atoms with Crippen LogP contribution >= 0.6 is 24.0 Å². The molecule has 28 heavy (non-hydrogen) atoms. The molecule has 2 saturated heterocycles. The molecular formula is C19H24Cl2N4O3. The average Bonchev–Trinajstić information content (AvgIpc) is 3.20. The van der Waals surface area contributed by atoms with E-state index in [0.717, 1.165) is 31.5 Å². The molecule has 2 aliphatic rings. The number of morpholine rings is 1. The van der Waals surface area contributed by atoms with Crippen LogP contribution in [0.3, 0.4) is 0 Å². The molecule has 0 saturated carbocycles. The second-order valence-electron chi connectivity index (χ2n) is 7.07. The molecule has 2 unspecified atom stereocenters. The average molecular weight is 427 g/mol. The molecule has 2 atom stereocenters. The van der Waals surface area contributed by atoms with Gasteiger partial charge in [-0.25, -0.2) is 0 Å². The molecule has 9 heteroatoms. The molecule has 1 aromatic carbocycles. The van der Waals surface area contributed by atoms with Crippen molar-refractivity contribution in [1.29, 1.82) is 0 Å². The van der Waals surface area contributed by atoms with Gasteiger partial charge >= 0.3 is 0 Å². The van der Waals surface area contributed by atoms with Crippen LogP contribution in [0.25, 0.3) is 11.4 Å². The van der Waals surface area contributed by atoms with Crippen molar-refractivity contribution in [2.24, 2.45) is 0 Å². The van der Waals surface area contributed by atoms with Crippen molar-refractivity contribution in [3.63, 3.8) is 0 Å². The molecule has 0 radical (unpaired) electrons. The minimum atomic E-state index is 0. The van der Waals surface area contributed by atoms with Crippen LogP contribution in [-0.2, 0) is 9.53 Å². The van der Waals surface area contributed by atoms with Crippen LogP contribution in [0.5, 0.6) is 0 Å². The summed E-state index contributed by atoms with van der Waals surface area (Å²) in [5.41, 5.74) is 0.863. The Morgan fingerprint density at radius 1 is 1.32 bits per heavy atom. The van der Waals surface area contributed by atoms with Gasteiger partial charge < -0.3 is 19.5 Å². The monoisotopic (exact) mass is 426 g/mol. The maximum absolute atomic E-state index is 12.7. The van der Waals surface area contributed by atoms with Gasteiger partial charge in [0.15, 0.2) is 0 Å². The molecule has 0 bridgehead atoms. The van der Waals surface area contributed by atoms with Gasteiger partial charge in [-0.1, -0.05) is 16.8 Å². The third-order valence-corrected chi connectivity index (χ3v) is 5.34. The summed E-state index contributed by atoms with van der Waals surface area (Å²) < 4.78 is 10.9. The van der Waals surface area contributed by atoms with Crippen molar-refractivity contribution < 1.29 is 14.1 Å². The van der Waals surface area contributed by atoms with E-state index >= 15 is 0 Å². The first-order valence-electron chi connectivity index (χ1n) is 9.37. The zero-order valence-corrected chi connectivity index (χ0v) is 17.0. The Bertz CT molecular complexity index is 778. The molecule has 2 aliphatic heterocycles. The standard InChI is InChI=1S/C19H23ClN4O3.ClH/c20-15-5-3-13(4-6-15)18-22-19(27-23-18)14-2-1-8-24(11-14)17(25)10-16-12-26-9-7-21-16;/h3-6,14,16,21H,1-2,7-12H2;1H. The summed E-state index contributed by atoms with van der Waals surface area (Å²) in [4.78, 5) is 19.1. The van der Waals surface area contributed by atoms with Crippen LogP contribution in [0.4, 0.5) is 0 Å². The molecular weight excluding hydrogens is 403 g/mol. The first-order chi connectivity index (χ1) is 13.2. The SMILES string of the molecule is Cl.O=C(CC1COCCN1)N1CCCC(c2nc(-c3ccc(Cl)cc3)no2)C1. The van der Waals surface area contributed by atoms with E-state index in [1.807, 2.05) is 17.0 Å². The van der Waals surface area contributed by atoms with Gasteiger partial charge in [-0.2, -0.15) is 4.98 Å². The van der Waals surface area contributed by atoms with Crippen molar-refractivity contribution in [2.45, 2.75) is 31.2 Å². The summed E-state index contributed by atoms with van der Waals surface area (Å²) in [6.07, 6.45) is 2.34. The fraction of sp³-hybridized carbons (Fsp3) is 0.526. The van der Waals surface area contributed by atoms with Crippen molar-refractivity contribution in [2.75, 3.05) is 32.8 Å². The number of benzene rings is 1. The number of nitrogens with zero attached hydrogens (tertiary/aromatic N) is 3. The van der Waals surface area contributed by atoms with Crippen molar-refractivity contribution in [3.8, 4) is 11.4 Å². The lowest BCUT2D eigenvalue weighted by molar-refractivity contribution is -0.133. The number of piperidine rings is 1. The van der Waals surface area contributed by atoms with E-state index in [-0.39, 0.29) is 30.3 Å². The van der Waals surface area contributed by atoms with Crippen LogP contribution in [0.2, 0.25) is 5.02 Å². The topological polar surface area (TPSA) is 80.5 Å². The third-order valence-electron chi connectivity index (χ3n) is 5.09. The Labute approximate surface area is 175 Å². The van der Waals surface area contributed by atoms with Crippen molar-refractivity contribution >= 4 is 29.9 Å². The molecule has 2 fully saturated rings. The second-order valence-corrected chi connectivity index (χ2v) is 7.51. The Kier molecular flexibility index (Phi) is 7.29. The zero-order valence-electron chi connectivity index (χ0n) is 15.5. The van der Waals surface area contributed by atoms with E-state index in [2.05, 4.69) is 15.5 Å². The number of rotatable bonds is 4. The molecule has 4 rings (SSSR count). The highest BCUT2D eigenvalue weighted by Crippen LogP contribution is 2.28.